The van der Waals surface area contributed by atoms with E-state index in [4.69, 9.17) is 4.42 Å². The summed E-state index contributed by atoms with van der Waals surface area (Å²) in [5.41, 5.74) is 15.1. The van der Waals surface area contributed by atoms with E-state index in [0.29, 0.717) is 11.8 Å². The molecule has 0 radical (unpaired) electrons. The van der Waals surface area contributed by atoms with Gasteiger partial charge in [0.1, 0.15) is 11.3 Å². The second-order valence-corrected chi connectivity index (χ2v) is 13.6. The maximum atomic E-state index is 6.54. The molecule has 0 spiro atoms. The Balaban J connectivity index is 1.21. The normalized spacial score (nSPS) is 21.3. The van der Waals surface area contributed by atoms with E-state index in [-0.39, 0.29) is 11.3 Å². The van der Waals surface area contributed by atoms with Crippen LogP contribution in [0.15, 0.2) is 137 Å². The van der Waals surface area contributed by atoms with Crippen LogP contribution in [0, 0.1) is 5.92 Å². The van der Waals surface area contributed by atoms with Gasteiger partial charge in [0.2, 0.25) is 0 Å². The van der Waals surface area contributed by atoms with Gasteiger partial charge < -0.3 is 4.42 Å². The van der Waals surface area contributed by atoms with Crippen molar-refractivity contribution in [3.05, 3.63) is 166 Å². The van der Waals surface area contributed by atoms with Crippen LogP contribution in [0.2, 0.25) is 0 Å². The minimum Gasteiger partial charge on any atom is -0.456 e. The third-order valence-electron chi connectivity index (χ3n) is 10.7. The first kappa shape index (κ1) is 25.8. The summed E-state index contributed by atoms with van der Waals surface area (Å²) < 4.78 is 6.54. The van der Waals surface area contributed by atoms with Crippen molar-refractivity contribution in [1.82, 2.24) is 0 Å². The van der Waals surface area contributed by atoms with Gasteiger partial charge in [-0.2, -0.15) is 0 Å². The number of allylic oxidation sites excluding steroid dienone is 7. The predicted molar refractivity (Wildman–Crippen MR) is 183 cm³/mol. The van der Waals surface area contributed by atoms with E-state index in [0.717, 1.165) is 24.2 Å². The number of rotatable bonds is 5. The molecule has 4 aliphatic rings. The molecule has 1 aromatic heterocycles. The largest absolute Gasteiger partial charge is 0.456 e. The average molecular weight is 569 g/mol. The Morgan fingerprint density at radius 3 is 2.41 bits per heavy atom. The molecule has 4 aliphatic carbocycles. The lowest BCUT2D eigenvalue weighted by Gasteiger charge is -2.28. The zero-order valence-electron chi connectivity index (χ0n) is 25.4. The number of furan rings is 1. The number of hydrogen-bond donors (Lipinski definition) is 0. The molecular formula is C43H36O. The van der Waals surface area contributed by atoms with E-state index in [1.54, 1.807) is 5.57 Å². The summed E-state index contributed by atoms with van der Waals surface area (Å²) in [6.07, 6.45) is 15.0. The molecule has 1 heterocycles. The van der Waals surface area contributed by atoms with Crippen LogP contribution in [0.5, 0.6) is 0 Å². The maximum Gasteiger partial charge on any atom is 0.135 e. The van der Waals surface area contributed by atoms with Crippen molar-refractivity contribution in [2.75, 3.05) is 0 Å². The smallest absolute Gasteiger partial charge is 0.135 e. The molecule has 214 valence electrons. The fraction of sp³-hybridized carbons (Fsp3) is 0.209. The zero-order chi connectivity index (χ0) is 29.4. The highest BCUT2D eigenvalue weighted by Gasteiger charge is 2.49. The van der Waals surface area contributed by atoms with Crippen LogP contribution in [-0.2, 0) is 11.8 Å². The van der Waals surface area contributed by atoms with Gasteiger partial charge in [-0.3, -0.25) is 0 Å². The molecule has 3 atom stereocenters. The van der Waals surface area contributed by atoms with Gasteiger partial charge in [0.25, 0.3) is 0 Å². The summed E-state index contributed by atoms with van der Waals surface area (Å²) in [4.78, 5) is 0. The van der Waals surface area contributed by atoms with Crippen molar-refractivity contribution in [2.24, 2.45) is 5.92 Å². The van der Waals surface area contributed by atoms with Gasteiger partial charge in [0.15, 0.2) is 0 Å². The number of hydrogen-bond acceptors (Lipinski definition) is 1. The standard InChI is InChI=1S/C43H36O/c1-43(2)37-17-8-4-7-14-31(37)41-30(16-11-18-38(41)43)33(24-27-20-22-29(23-21-27)28-12-5-3-6-13-28)35-26-40-42(36-25-34(35)36)32-15-9-10-19-39(32)44-40/h3,5-23,26,33-34,36H,4,24-25H2,1-2H3. The first-order valence-electron chi connectivity index (χ1n) is 16.2. The Morgan fingerprint density at radius 2 is 1.55 bits per heavy atom. The van der Waals surface area contributed by atoms with Crippen molar-refractivity contribution in [2.45, 2.75) is 50.4 Å². The SMILES string of the molecule is CC1(C)C2=C(C=CCC=C2)c2c(C(Cc3ccc(-c4ccccc4)cc3)C3=Cc4oc5ccccc5c4C4CC34)cccc21. The molecule has 1 heteroatoms. The summed E-state index contributed by atoms with van der Waals surface area (Å²) in [7, 11) is 0. The zero-order valence-corrected chi connectivity index (χ0v) is 25.4. The summed E-state index contributed by atoms with van der Waals surface area (Å²) in [5, 5.41) is 1.30. The fourth-order valence-electron chi connectivity index (χ4n) is 8.40. The minimum atomic E-state index is -0.0251. The average Bonchev–Trinajstić information content (AvgIpc) is 3.78. The molecule has 0 saturated heterocycles. The summed E-state index contributed by atoms with van der Waals surface area (Å²) in [6.45, 7) is 4.80. The highest BCUT2D eigenvalue weighted by Crippen LogP contribution is 2.62. The third-order valence-corrected chi connectivity index (χ3v) is 10.7. The van der Waals surface area contributed by atoms with E-state index >= 15 is 0 Å². The van der Waals surface area contributed by atoms with Crippen molar-refractivity contribution < 1.29 is 4.42 Å². The van der Waals surface area contributed by atoms with E-state index < -0.39 is 0 Å². The van der Waals surface area contributed by atoms with E-state index in [1.165, 1.54) is 61.9 Å². The summed E-state index contributed by atoms with van der Waals surface area (Å²) in [6, 6.07) is 35.7. The third kappa shape index (κ3) is 3.92. The quantitative estimate of drug-likeness (QED) is 0.205. The first-order chi connectivity index (χ1) is 21.6. The summed E-state index contributed by atoms with van der Waals surface area (Å²) >= 11 is 0. The maximum absolute atomic E-state index is 6.54. The summed E-state index contributed by atoms with van der Waals surface area (Å²) in [5.74, 6) is 2.47. The molecule has 3 unspecified atom stereocenters. The first-order valence-corrected chi connectivity index (χ1v) is 16.2. The fourth-order valence-corrected chi connectivity index (χ4v) is 8.40. The van der Waals surface area contributed by atoms with Gasteiger partial charge in [0.05, 0.1) is 0 Å². The van der Waals surface area contributed by atoms with Crippen LogP contribution < -0.4 is 0 Å². The van der Waals surface area contributed by atoms with Crippen LogP contribution in [0.25, 0.3) is 33.7 Å². The van der Waals surface area contributed by atoms with Crippen LogP contribution in [0.1, 0.15) is 72.1 Å². The highest BCUT2D eigenvalue weighted by molar-refractivity contribution is 5.91. The van der Waals surface area contributed by atoms with E-state index in [9.17, 15) is 0 Å². The van der Waals surface area contributed by atoms with Crippen molar-refractivity contribution in [1.29, 1.82) is 0 Å². The van der Waals surface area contributed by atoms with Gasteiger partial charge in [-0.05, 0) is 87.8 Å². The molecule has 5 aromatic rings. The number of benzene rings is 4. The Morgan fingerprint density at radius 1 is 0.773 bits per heavy atom. The molecule has 1 nitrogen and oxygen atoms in total. The molecule has 44 heavy (non-hydrogen) atoms. The van der Waals surface area contributed by atoms with Crippen LogP contribution in [0.4, 0.5) is 0 Å². The van der Waals surface area contributed by atoms with Gasteiger partial charge in [-0.25, -0.2) is 0 Å². The Bertz CT molecular complexity index is 2060. The Labute approximate surface area is 260 Å². The van der Waals surface area contributed by atoms with Gasteiger partial charge >= 0.3 is 0 Å². The van der Waals surface area contributed by atoms with Crippen molar-refractivity contribution >= 4 is 22.6 Å². The molecule has 0 amide bonds. The highest BCUT2D eigenvalue weighted by atomic mass is 16.3. The van der Waals surface area contributed by atoms with Crippen LogP contribution >= 0.6 is 0 Å². The van der Waals surface area contributed by atoms with E-state index in [2.05, 4.69) is 141 Å². The van der Waals surface area contributed by atoms with Gasteiger partial charge in [-0.15, -0.1) is 0 Å². The molecule has 0 aliphatic heterocycles. The Hall–Kier alpha value is -4.62. The van der Waals surface area contributed by atoms with Crippen LogP contribution in [-0.4, -0.2) is 0 Å². The molecule has 9 rings (SSSR count). The van der Waals surface area contributed by atoms with E-state index in [1.807, 2.05) is 0 Å². The molecule has 4 aromatic carbocycles. The molecule has 0 N–H and O–H groups in total. The number of para-hydroxylation sites is 1. The lowest BCUT2D eigenvalue weighted by molar-refractivity contribution is 0.589. The predicted octanol–water partition coefficient (Wildman–Crippen LogP) is 11.2. The second-order valence-electron chi connectivity index (χ2n) is 13.6. The molecule has 1 saturated carbocycles. The lowest BCUT2D eigenvalue weighted by atomic mass is 9.75. The minimum absolute atomic E-state index is 0.0251. The second kappa shape index (κ2) is 9.69. The molecular weight excluding hydrogens is 532 g/mol. The molecule has 1 fully saturated rings. The lowest BCUT2D eigenvalue weighted by Crippen LogP contribution is -2.17. The monoisotopic (exact) mass is 568 g/mol. The van der Waals surface area contributed by atoms with Crippen molar-refractivity contribution in [3.8, 4) is 11.1 Å². The topological polar surface area (TPSA) is 13.1 Å². The van der Waals surface area contributed by atoms with Crippen LogP contribution in [0.3, 0.4) is 0 Å². The Kier molecular flexibility index (Phi) is 5.69. The number of fused-ring (bicyclic) bond motifs is 7. The van der Waals surface area contributed by atoms with Gasteiger partial charge in [0, 0.05) is 22.3 Å². The van der Waals surface area contributed by atoms with Crippen molar-refractivity contribution in [3.63, 3.8) is 0 Å². The molecule has 0 bridgehead atoms. The van der Waals surface area contributed by atoms with Gasteiger partial charge in [-0.1, -0.05) is 135 Å².